The predicted molar refractivity (Wildman–Crippen MR) is 98.7 cm³/mol. The van der Waals surface area contributed by atoms with Gasteiger partial charge in [0.05, 0.1) is 6.61 Å². The summed E-state index contributed by atoms with van der Waals surface area (Å²) in [6.07, 6.45) is 12.7. The van der Waals surface area contributed by atoms with Gasteiger partial charge in [-0.25, -0.2) is 4.79 Å². The molecule has 0 aliphatic heterocycles. The molecule has 5 nitrogen and oxygen atoms in total. The van der Waals surface area contributed by atoms with Crippen LogP contribution in [0.2, 0.25) is 0 Å². The fourth-order valence-electron chi connectivity index (χ4n) is 2.68. The number of nitrogens with one attached hydrogen (secondary N) is 1. The molecule has 0 saturated heterocycles. The van der Waals surface area contributed by atoms with Crippen molar-refractivity contribution in [3.63, 3.8) is 0 Å². The molecule has 5 heteroatoms. The lowest BCUT2D eigenvalue weighted by Gasteiger charge is -2.17. The van der Waals surface area contributed by atoms with Crippen LogP contribution in [0.1, 0.15) is 90.9 Å². The number of carbonyl (C=O) groups excluding carboxylic acids is 2. The molecule has 0 aliphatic rings. The van der Waals surface area contributed by atoms with Crippen LogP contribution in [0.25, 0.3) is 0 Å². The molecule has 0 saturated carbocycles. The van der Waals surface area contributed by atoms with Crippen molar-refractivity contribution < 1.29 is 14.3 Å². The first-order chi connectivity index (χ1) is 11.7. The summed E-state index contributed by atoms with van der Waals surface area (Å²) in [7, 11) is 0. The van der Waals surface area contributed by atoms with E-state index in [-0.39, 0.29) is 11.9 Å². The molecule has 0 aromatic carbocycles. The Kier molecular flexibility index (Phi) is 16.0. The third-order valence-electron chi connectivity index (χ3n) is 4.11. The fourth-order valence-corrected chi connectivity index (χ4v) is 2.68. The van der Waals surface area contributed by atoms with Gasteiger partial charge in [-0.1, -0.05) is 58.3 Å². The number of hydrogen-bond donors (Lipinski definition) is 2. The highest BCUT2D eigenvalue weighted by atomic mass is 16.5. The van der Waals surface area contributed by atoms with Crippen LogP contribution >= 0.6 is 0 Å². The minimum Gasteiger partial charge on any atom is -0.464 e. The molecule has 0 bridgehead atoms. The summed E-state index contributed by atoms with van der Waals surface area (Å²) in [6, 6.07) is -0.556. The van der Waals surface area contributed by atoms with Crippen LogP contribution in [0.3, 0.4) is 0 Å². The van der Waals surface area contributed by atoms with Crippen LogP contribution in [-0.4, -0.2) is 31.1 Å². The number of esters is 1. The van der Waals surface area contributed by atoms with Crippen LogP contribution in [0.15, 0.2) is 0 Å². The van der Waals surface area contributed by atoms with Crippen LogP contribution in [-0.2, 0) is 14.3 Å². The zero-order valence-corrected chi connectivity index (χ0v) is 15.8. The van der Waals surface area contributed by atoms with Crippen LogP contribution < -0.4 is 11.1 Å². The van der Waals surface area contributed by atoms with E-state index in [9.17, 15) is 9.59 Å². The SMILES string of the molecule is CCCCCCCCCCCC(=O)N[C@H](CCCN)C(=O)OCC. The quantitative estimate of drug-likeness (QED) is 0.331. The van der Waals surface area contributed by atoms with Gasteiger partial charge in [0.15, 0.2) is 0 Å². The highest BCUT2D eigenvalue weighted by Crippen LogP contribution is 2.10. The van der Waals surface area contributed by atoms with Gasteiger partial charge in [-0.05, 0) is 32.7 Å². The lowest BCUT2D eigenvalue weighted by molar-refractivity contribution is -0.147. The number of nitrogens with two attached hydrogens (primary N) is 1. The van der Waals surface area contributed by atoms with Gasteiger partial charge < -0.3 is 15.8 Å². The van der Waals surface area contributed by atoms with Crippen molar-refractivity contribution in [2.45, 2.75) is 96.9 Å². The summed E-state index contributed by atoms with van der Waals surface area (Å²) in [4.78, 5) is 23.8. The van der Waals surface area contributed by atoms with Crippen molar-refractivity contribution in [2.75, 3.05) is 13.2 Å². The van der Waals surface area contributed by atoms with Gasteiger partial charge in [0.25, 0.3) is 0 Å². The van der Waals surface area contributed by atoms with Gasteiger partial charge in [-0.3, -0.25) is 4.79 Å². The third kappa shape index (κ3) is 13.3. The van der Waals surface area contributed by atoms with Gasteiger partial charge in [0.2, 0.25) is 5.91 Å². The Labute approximate surface area is 148 Å². The van der Waals surface area contributed by atoms with E-state index in [0.717, 1.165) is 12.8 Å². The van der Waals surface area contributed by atoms with E-state index in [4.69, 9.17) is 10.5 Å². The summed E-state index contributed by atoms with van der Waals surface area (Å²) in [6.45, 7) is 4.83. The van der Waals surface area contributed by atoms with Crippen LogP contribution in [0.5, 0.6) is 0 Å². The number of ether oxygens (including phenoxy) is 1. The van der Waals surface area contributed by atoms with Gasteiger partial charge >= 0.3 is 5.97 Å². The smallest absolute Gasteiger partial charge is 0.328 e. The zero-order chi connectivity index (χ0) is 18.0. The summed E-state index contributed by atoms with van der Waals surface area (Å²) >= 11 is 0. The van der Waals surface area contributed by atoms with Gasteiger partial charge in [0.1, 0.15) is 6.04 Å². The molecule has 0 rings (SSSR count). The third-order valence-corrected chi connectivity index (χ3v) is 4.11. The van der Waals surface area contributed by atoms with E-state index in [1.54, 1.807) is 6.92 Å². The highest BCUT2D eigenvalue weighted by molar-refractivity contribution is 5.84. The highest BCUT2D eigenvalue weighted by Gasteiger charge is 2.20. The van der Waals surface area contributed by atoms with Crippen molar-refractivity contribution in [3.05, 3.63) is 0 Å². The maximum atomic E-state index is 12.0. The summed E-state index contributed by atoms with van der Waals surface area (Å²) in [5.74, 6) is -0.417. The maximum Gasteiger partial charge on any atom is 0.328 e. The Morgan fingerprint density at radius 1 is 0.917 bits per heavy atom. The normalized spacial score (nSPS) is 12.0. The number of hydrogen-bond acceptors (Lipinski definition) is 4. The second-order valence-electron chi connectivity index (χ2n) is 6.38. The molecular formula is C19H38N2O3. The number of carbonyl (C=O) groups is 2. The topological polar surface area (TPSA) is 81.4 Å². The second-order valence-corrected chi connectivity index (χ2v) is 6.38. The number of amides is 1. The van der Waals surface area contributed by atoms with Gasteiger partial charge in [-0.2, -0.15) is 0 Å². The van der Waals surface area contributed by atoms with Crippen molar-refractivity contribution in [3.8, 4) is 0 Å². The van der Waals surface area contributed by atoms with Crippen LogP contribution in [0.4, 0.5) is 0 Å². The Morgan fingerprint density at radius 2 is 1.50 bits per heavy atom. The van der Waals surface area contributed by atoms with E-state index < -0.39 is 6.04 Å². The first-order valence-corrected chi connectivity index (χ1v) is 9.81. The largest absolute Gasteiger partial charge is 0.464 e. The van der Waals surface area contributed by atoms with E-state index in [0.29, 0.717) is 32.4 Å². The molecule has 0 unspecified atom stereocenters. The minimum atomic E-state index is -0.556. The van der Waals surface area contributed by atoms with Crippen LogP contribution in [0, 0.1) is 0 Å². The summed E-state index contributed by atoms with van der Waals surface area (Å²) in [5, 5.41) is 2.79. The van der Waals surface area contributed by atoms with Crippen molar-refractivity contribution in [1.82, 2.24) is 5.32 Å². The molecule has 1 atom stereocenters. The maximum absolute atomic E-state index is 12.0. The Balaban J connectivity index is 3.77. The van der Waals surface area contributed by atoms with Gasteiger partial charge in [-0.15, -0.1) is 0 Å². The van der Waals surface area contributed by atoms with Crippen molar-refractivity contribution >= 4 is 11.9 Å². The molecule has 142 valence electrons. The second kappa shape index (κ2) is 16.7. The molecule has 0 fully saturated rings. The number of unbranched alkanes of at least 4 members (excludes halogenated alkanes) is 8. The standard InChI is InChI=1S/C19H38N2O3/c1-3-5-6-7-8-9-10-11-12-15-18(22)21-17(14-13-16-20)19(23)24-4-2/h17H,3-16,20H2,1-2H3,(H,21,22)/t17-/m1/s1. The predicted octanol–water partition coefficient (Wildman–Crippen LogP) is 3.69. The first-order valence-electron chi connectivity index (χ1n) is 9.81. The summed E-state index contributed by atoms with van der Waals surface area (Å²) in [5.41, 5.74) is 5.48. The molecule has 24 heavy (non-hydrogen) atoms. The van der Waals surface area contributed by atoms with E-state index in [1.165, 1.54) is 44.9 Å². The molecular weight excluding hydrogens is 304 g/mol. The lowest BCUT2D eigenvalue weighted by atomic mass is 10.1. The Hall–Kier alpha value is -1.10. The van der Waals surface area contributed by atoms with Crippen molar-refractivity contribution in [2.24, 2.45) is 5.73 Å². The first kappa shape index (κ1) is 22.9. The molecule has 0 spiro atoms. The fraction of sp³-hybridized carbons (Fsp3) is 0.895. The van der Waals surface area contributed by atoms with E-state index in [2.05, 4.69) is 12.2 Å². The molecule has 0 aliphatic carbocycles. The van der Waals surface area contributed by atoms with E-state index in [1.807, 2.05) is 0 Å². The average Bonchev–Trinajstić information content (AvgIpc) is 2.57. The molecule has 0 aromatic heterocycles. The zero-order valence-electron chi connectivity index (χ0n) is 15.8. The Morgan fingerprint density at radius 3 is 2.04 bits per heavy atom. The molecule has 0 radical (unpaired) electrons. The Bertz CT molecular complexity index is 322. The van der Waals surface area contributed by atoms with Crippen molar-refractivity contribution in [1.29, 1.82) is 0 Å². The van der Waals surface area contributed by atoms with E-state index >= 15 is 0 Å². The lowest BCUT2D eigenvalue weighted by Crippen LogP contribution is -2.42. The molecule has 0 heterocycles. The van der Waals surface area contributed by atoms with Gasteiger partial charge in [0, 0.05) is 6.42 Å². The number of rotatable bonds is 16. The summed E-state index contributed by atoms with van der Waals surface area (Å²) < 4.78 is 5.01. The minimum absolute atomic E-state index is 0.0620. The molecule has 0 aromatic rings. The monoisotopic (exact) mass is 342 g/mol. The molecule has 3 N–H and O–H groups in total. The average molecular weight is 343 g/mol. The molecule has 1 amide bonds.